The van der Waals surface area contributed by atoms with Crippen molar-refractivity contribution in [3.05, 3.63) is 29.8 Å². The average Bonchev–Trinajstić information content (AvgIpc) is 2.43. The van der Waals surface area contributed by atoms with Gasteiger partial charge in [-0.15, -0.1) is 0 Å². The SMILES string of the molecule is CCCNC(C)(CO)c1ccc(OCCC)cc1. The first-order valence-corrected chi connectivity index (χ1v) is 6.75. The highest BCUT2D eigenvalue weighted by Gasteiger charge is 2.24. The molecule has 0 spiro atoms. The number of hydrogen-bond donors (Lipinski definition) is 2. The van der Waals surface area contributed by atoms with Crippen LogP contribution in [0, 0.1) is 0 Å². The number of aliphatic hydroxyl groups excluding tert-OH is 1. The van der Waals surface area contributed by atoms with Gasteiger partial charge in [0.1, 0.15) is 5.75 Å². The molecule has 0 heterocycles. The average molecular weight is 251 g/mol. The summed E-state index contributed by atoms with van der Waals surface area (Å²) in [5.41, 5.74) is 0.710. The molecule has 0 aliphatic rings. The van der Waals surface area contributed by atoms with Gasteiger partial charge in [-0.3, -0.25) is 0 Å². The molecule has 102 valence electrons. The van der Waals surface area contributed by atoms with Crippen molar-refractivity contribution in [1.29, 1.82) is 0 Å². The molecular weight excluding hydrogens is 226 g/mol. The van der Waals surface area contributed by atoms with E-state index in [9.17, 15) is 5.11 Å². The molecule has 3 nitrogen and oxygen atoms in total. The van der Waals surface area contributed by atoms with Crippen molar-refractivity contribution in [3.8, 4) is 5.75 Å². The smallest absolute Gasteiger partial charge is 0.119 e. The highest BCUT2D eigenvalue weighted by Crippen LogP contribution is 2.23. The molecule has 1 unspecified atom stereocenters. The zero-order valence-corrected chi connectivity index (χ0v) is 11.7. The predicted molar refractivity (Wildman–Crippen MR) is 75.0 cm³/mol. The van der Waals surface area contributed by atoms with Crippen LogP contribution in [0.5, 0.6) is 5.75 Å². The summed E-state index contributed by atoms with van der Waals surface area (Å²) in [4.78, 5) is 0. The Morgan fingerprint density at radius 2 is 1.83 bits per heavy atom. The van der Waals surface area contributed by atoms with Gasteiger partial charge in [0, 0.05) is 0 Å². The van der Waals surface area contributed by atoms with E-state index in [1.54, 1.807) is 0 Å². The fraction of sp³-hybridized carbons (Fsp3) is 0.600. The van der Waals surface area contributed by atoms with E-state index in [0.29, 0.717) is 0 Å². The second kappa shape index (κ2) is 7.39. The minimum Gasteiger partial charge on any atom is -0.494 e. The van der Waals surface area contributed by atoms with Gasteiger partial charge >= 0.3 is 0 Å². The summed E-state index contributed by atoms with van der Waals surface area (Å²) in [6.45, 7) is 7.95. The van der Waals surface area contributed by atoms with Gasteiger partial charge in [0.15, 0.2) is 0 Å². The van der Waals surface area contributed by atoms with Crippen molar-refractivity contribution in [3.63, 3.8) is 0 Å². The largest absolute Gasteiger partial charge is 0.494 e. The Bertz CT molecular complexity index is 337. The van der Waals surface area contributed by atoms with Gasteiger partial charge < -0.3 is 15.2 Å². The Kier molecular flexibility index (Phi) is 6.16. The molecule has 0 saturated heterocycles. The fourth-order valence-electron chi connectivity index (χ4n) is 1.79. The molecule has 0 aliphatic carbocycles. The van der Waals surface area contributed by atoms with Crippen molar-refractivity contribution in [2.24, 2.45) is 0 Å². The van der Waals surface area contributed by atoms with Crippen LogP contribution in [0.2, 0.25) is 0 Å². The van der Waals surface area contributed by atoms with Gasteiger partial charge in [0.05, 0.1) is 18.8 Å². The molecule has 0 saturated carbocycles. The molecule has 1 aromatic carbocycles. The first-order valence-electron chi connectivity index (χ1n) is 6.75. The second-order valence-electron chi connectivity index (χ2n) is 4.79. The van der Waals surface area contributed by atoms with Crippen LogP contribution in [-0.2, 0) is 5.54 Å². The predicted octanol–water partition coefficient (Wildman–Crippen LogP) is 2.68. The number of hydrogen-bond acceptors (Lipinski definition) is 3. The standard InChI is InChI=1S/C15H25NO2/c1-4-10-16-15(3,12-17)13-6-8-14(9-7-13)18-11-5-2/h6-9,16-17H,4-5,10-12H2,1-3H3. The van der Waals surface area contributed by atoms with E-state index in [1.165, 1.54) is 0 Å². The first-order chi connectivity index (χ1) is 8.66. The lowest BCUT2D eigenvalue weighted by atomic mass is 9.92. The van der Waals surface area contributed by atoms with E-state index < -0.39 is 0 Å². The Hall–Kier alpha value is -1.06. The van der Waals surface area contributed by atoms with Crippen LogP contribution in [0.3, 0.4) is 0 Å². The third-order valence-electron chi connectivity index (χ3n) is 3.05. The molecule has 2 N–H and O–H groups in total. The van der Waals surface area contributed by atoms with Crippen molar-refractivity contribution in [1.82, 2.24) is 5.32 Å². The Labute approximate surface area is 110 Å². The van der Waals surface area contributed by atoms with Crippen LogP contribution in [0.15, 0.2) is 24.3 Å². The maximum Gasteiger partial charge on any atom is 0.119 e. The molecule has 1 aromatic rings. The van der Waals surface area contributed by atoms with Gasteiger partial charge in [0.25, 0.3) is 0 Å². The zero-order valence-electron chi connectivity index (χ0n) is 11.7. The summed E-state index contributed by atoms with van der Waals surface area (Å²) < 4.78 is 5.55. The van der Waals surface area contributed by atoms with Crippen molar-refractivity contribution in [2.45, 2.75) is 39.2 Å². The van der Waals surface area contributed by atoms with Crippen molar-refractivity contribution < 1.29 is 9.84 Å². The number of nitrogens with one attached hydrogen (secondary N) is 1. The van der Waals surface area contributed by atoms with Crippen molar-refractivity contribution in [2.75, 3.05) is 19.8 Å². The number of aliphatic hydroxyl groups is 1. The zero-order chi connectivity index (χ0) is 13.4. The lowest BCUT2D eigenvalue weighted by Crippen LogP contribution is -2.43. The minimum atomic E-state index is -0.376. The summed E-state index contributed by atoms with van der Waals surface area (Å²) >= 11 is 0. The Morgan fingerprint density at radius 3 is 2.33 bits per heavy atom. The lowest BCUT2D eigenvalue weighted by molar-refractivity contribution is 0.175. The van der Waals surface area contributed by atoms with Gasteiger partial charge in [-0.25, -0.2) is 0 Å². The quantitative estimate of drug-likeness (QED) is 0.746. The van der Waals surface area contributed by atoms with Crippen molar-refractivity contribution >= 4 is 0 Å². The second-order valence-corrected chi connectivity index (χ2v) is 4.79. The minimum absolute atomic E-state index is 0.0855. The molecule has 0 aromatic heterocycles. The number of ether oxygens (including phenoxy) is 1. The van der Waals surface area contributed by atoms with E-state index in [1.807, 2.05) is 31.2 Å². The highest BCUT2D eigenvalue weighted by molar-refractivity contribution is 5.31. The fourth-order valence-corrected chi connectivity index (χ4v) is 1.79. The van der Waals surface area contributed by atoms with E-state index >= 15 is 0 Å². The Balaban J connectivity index is 2.74. The number of rotatable bonds is 8. The summed E-state index contributed by atoms with van der Waals surface area (Å²) in [5.74, 6) is 0.886. The van der Waals surface area contributed by atoms with Crippen LogP contribution in [0.25, 0.3) is 0 Å². The van der Waals surface area contributed by atoms with Gasteiger partial charge in [-0.1, -0.05) is 26.0 Å². The van der Waals surface area contributed by atoms with Gasteiger partial charge in [-0.2, -0.15) is 0 Å². The normalized spacial score (nSPS) is 14.2. The maximum atomic E-state index is 9.58. The third-order valence-corrected chi connectivity index (χ3v) is 3.05. The van der Waals surface area contributed by atoms with Crippen LogP contribution >= 0.6 is 0 Å². The summed E-state index contributed by atoms with van der Waals surface area (Å²) in [7, 11) is 0. The van der Waals surface area contributed by atoms with E-state index in [0.717, 1.165) is 37.3 Å². The molecular formula is C15H25NO2. The lowest BCUT2D eigenvalue weighted by Gasteiger charge is -2.29. The molecule has 0 fully saturated rings. The molecule has 1 rings (SSSR count). The molecule has 0 bridgehead atoms. The van der Waals surface area contributed by atoms with Crippen LogP contribution in [0.1, 0.15) is 39.2 Å². The molecule has 18 heavy (non-hydrogen) atoms. The molecule has 3 heteroatoms. The van der Waals surface area contributed by atoms with E-state index in [-0.39, 0.29) is 12.1 Å². The summed E-state index contributed by atoms with van der Waals surface area (Å²) in [5, 5.41) is 13.0. The molecule has 0 radical (unpaired) electrons. The highest BCUT2D eigenvalue weighted by atomic mass is 16.5. The first kappa shape index (κ1) is 15.0. The third kappa shape index (κ3) is 4.00. The molecule has 0 aliphatic heterocycles. The van der Waals surface area contributed by atoms with Crippen LogP contribution in [-0.4, -0.2) is 24.9 Å². The van der Waals surface area contributed by atoms with Gasteiger partial charge in [0.2, 0.25) is 0 Å². The summed E-state index contributed by atoms with van der Waals surface area (Å²) in [6, 6.07) is 7.97. The summed E-state index contributed by atoms with van der Waals surface area (Å²) in [6.07, 6.45) is 2.06. The molecule has 1 atom stereocenters. The van der Waals surface area contributed by atoms with E-state index in [2.05, 4.69) is 19.2 Å². The Morgan fingerprint density at radius 1 is 1.17 bits per heavy atom. The van der Waals surface area contributed by atoms with Crippen LogP contribution < -0.4 is 10.1 Å². The van der Waals surface area contributed by atoms with Gasteiger partial charge in [-0.05, 0) is 44.0 Å². The topological polar surface area (TPSA) is 41.5 Å². The maximum absolute atomic E-state index is 9.58. The monoisotopic (exact) mass is 251 g/mol. The molecule has 0 amide bonds. The number of benzene rings is 1. The van der Waals surface area contributed by atoms with Crippen LogP contribution in [0.4, 0.5) is 0 Å². The van der Waals surface area contributed by atoms with E-state index in [4.69, 9.17) is 4.74 Å².